The van der Waals surface area contributed by atoms with Gasteiger partial charge in [-0.2, -0.15) is 0 Å². The largest absolute Gasteiger partial charge is 0.334 e. The summed E-state index contributed by atoms with van der Waals surface area (Å²) >= 11 is 12.1. The first-order valence-electron chi connectivity index (χ1n) is 9.25. The molecular formula is C22H24Cl3FN2O. The first-order valence-corrected chi connectivity index (χ1v) is 10.0. The molecule has 156 valence electrons. The Kier molecular flexibility index (Phi) is 8.53. The van der Waals surface area contributed by atoms with Crippen LogP contribution in [0.3, 0.4) is 0 Å². The average molecular weight is 458 g/mol. The minimum atomic E-state index is -0.229. The number of hydrogen-bond donors (Lipinski definition) is 0. The van der Waals surface area contributed by atoms with Crippen LogP contribution in [0, 0.1) is 5.82 Å². The van der Waals surface area contributed by atoms with Gasteiger partial charge >= 0.3 is 0 Å². The molecule has 1 saturated heterocycles. The molecule has 0 spiro atoms. The summed E-state index contributed by atoms with van der Waals surface area (Å²) in [5, 5.41) is 1.08. The number of rotatable bonds is 4. The molecule has 2 atom stereocenters. The van der Waals surface area contributed by atoms with Gasteiger partial charge < -0.3 is 4.90 Å². The van der Waals surface area contributed by atoms with Gasteiger partial charge in [0.15, 0.2) is 0 Å². The van der Waals surface area contributed by atoms with E-state index < -0.39 is 0 Å². The number of nitrogens with zero attached hydrogens (tertiary/aromatic N) is 2. The average Bonchev–Trinajstić information content (AvgIpc) is 2.65. The summed E-state index contributed by atoms with van der Waals surface area (Å²) in [5.41, 5.74) is 1.83. The van der Waals surface area contributed by atoms with Crippen molar-refractivity contribution in [1.29, 1.82) is 0 Å². The van der Waals surface area contributed by atoms with Crippen LogP contribution in [0.4, 0.5) is 4.39 Å². The lowest BCUT2D eigenvalue weighted by molar-refractivity contribution is -0.131. The smallest absolute Gasteiger partial charge is 0.246 e. The highest BCUT2D eigenvalue weighted by Gasteiger charge is 2.30. The summed E-state index contributed by atoms with van der Waals surface area (Å²) in [7, 11) is 0. The van der Waals surface area contributed by atoms with Gasteiger partial charge in [0.25, 0.3) is 0 Å². The SMILES string of the molecule is C[C@@H]1CN(C(=O)C=Cc2ccc(Cl)cc2Cl)[C@@H](C)CN1Cc1ccc(F)cc1.Cl. The van der Waals surface area contributed by atoms with Crippen molar-refractivity contribution in [1.82, 2.24) is 9.80 Å². The van der Waals surface area contributed by atoms with Crippen LogP contribution in [0.1, 0.15) is 25.0 Å². The van der Waals surface area contributed by atoms with Gasteiger partial charge in [0.2, 0.25) is 5.91 Å². The molecule has 0 saturated carbocycles. The summed E-state index contributed by atoms with van der Waals surface area (Å²) in [6.07, 6.45) is 3.29. The standard InChI is InChI=1S/C22H23Cl2FN2O.ClH/c1-15-13-27(22(28)10-6-18-5-7-19(23)11-21(18)24)16(2)12-26(15)14-17-3-8-20(25)9-4-17;/h3-11,15-16H,12-14H2,1-2H3;1H/t15-,16+;/m1./s1. The second-order valence-corrected chi connectivity index (χ2v) is 8.09. The normalized spacial score (nSPS) is 20.0. The van der Waals surface area contributed by atoms with Crippen molar-refractivity contribution in [3.8, 4) is 0 Å². The molecule has 0 bridgehead atoms. The van der Waals surface area contributed by atoms with E-state index in [9.17, 15) is 9.18 Å². The van der Waals surface area contributed by atoms with Crippen molar-refractivity contribution in [3.63, 3.8) is 0 Å². The van der Waals surface area contributed by atoms with Crippen molar-refractivity contribution in [2.45, 2.75) is 32.5 Å². The first kappa shape index (κ1) is 23.7. The van der Waals surface area contributed by atoms with E-state index in [1.54, 1.807) is 30.4 Å². The molecule has 1 fully saturated rings. The summed E-state index contributed by atoms with van der Waals surface area (Å²) in [6.45, 7) is 6.30. The van der Waals surface area contributed by atoms with Crippen LogP contribution in [-0.2, 0) is 11.3 Å². The van der Waals surface area contributed by atoms with Gasteiger partial charge in [-0.1, -0.05) is 41.4 Å². The van der Waals surface area contributed by atoms with E-state index in [1.165, 1.54) is 12.1 Å². The predicted molar refractivity (Wildman–Crippen MR) is 120 cm³/mol. The topological polar surface area (TPSA) is 23.6 Å². The van der Waals surface area contributed by atoms with Gasteiger partial charge in [-0.05, 0) is 55.3 Å². The molecule has 0 N–H and O–H groups in total. The van der Waals surface area contributed by atoms with Crippen molar-refractivity contribution in [2.75, 3.05) is 13.1 Å². The molecule has 0 aromatic heterocycles. The zero-order chi connectivity index (χ0) is 20.3. The molecule has 2 aromatic carbocycles. The van der Waals surface area contributed by atoms with Crippen LogP contribution >= 0.6 is 35.6 Å². The molecule has 3 nitrogen and oxygen atoms in total. The summed E-state index contributed by atoms with van der Waals surface area (Å²) < 4.78 is 13.1. The molecule has 0 aliphatic carbocycles. The molecule has 7 heteroatoms. The Hall–Kier alpha value is -1.59. The van der Waals surface area contributed by atoms with E-state index in [-0.39, 0.29) is 36.2 Å². The molecule has 1 aliphatic rings. The third kappa shape index (κ3) is 6.19. The van der Waals surface area contributed by atoms with Gasteiger partial charge in [0.1, 0.15) is 5.82 Å². The molecule has 0 radical (unpaired) electrons. The second-order valence-electron chi connectivity index (χ2n) is 7.24. The van der Waals surface area contributed by atoms with Crippen LogP contribution in [-0.4, -0.2) is 40.9 Å². The number of carbonyl (C=O) groups excluding carboxylic acids is 1. The maximum Gasteiger partial charge on any atom is 0.246 e. The fourth-order valence-corrected chi connectivity index (χ4v) is 3.91. The van der Waals surface area contributed by atoms with Crippen molar-refractivity contribution in [3.05, 3.63) is 75.5 Å². The molecule has 29 heavy (non-hydrogen) atoms. The van der Waals surface area contributed by atoms with Gasteiger partial charge in [-0.15, -0.1) is 12.4 Å². The predicted octanol–water partition coefficient (Wildman–Crippen LogP) is 5.69. The van der Waals surface area contributed by atoms with Crippen LogP contribution in [0.2, 0.25) is 10.0 Å². The third-order valence-electron chi connectivity index (χ3n) is 5.07. The summed E-state index contributed by atoms with van der Waals surface area (Å²) in [4.78, 5) is 16.9. The van der Waals surface area contributed by atoms with E-state index in [2.05, 4.69) is 11.8 Å². The minimum absolute atomic E-state index is 0. The third-order valence-corrected chi connectivity index (χ3v) is 5.63. The Morgan fingerprint density at radius 2 is 1.79 bits per heavy atom. The van der Waals surface area contributed by atoms with E-state index in [1.807, 2.05) is 24.0 Å². The van der Waals surface area contributed by atoms with Crippen LogP contribution < -0.4 is 0 Å². The Balaban J connectivity index is 0.00000300. The molecule has 1 aliphatic heterocycles. The molecule has 0 unspecified atom stereocenters. The number of benzene rings is 2. The van der Waals surface area contributed by atoms with Gasteiger partial charge in [0.05, 0.1) is 0 Å². The molecule has 1 amide bonds. The van der Waals surface area contributed by atoms with Gasteiger partial charge in [-0.3, -0.25) is 9.69 Å². The lowest BCUT2D eigenvalue weighted by Crippen LogP contribution is -2.57. The van der Waals surface area contributed by atoms with E-state index in [0.29, 0.717) is 16.6 Å². The second kappa shape index (κ2) is 10.4. The highest BCUT2D eigenvalue weighted by molar-refractivity contribution is 6.35. The van der Waals surface area contributed by atoms with Crippen LogP contribution in [0.25, 0.3) is 6.08 Å². The minimum Gasteiger partial charge on any atom is -0.334 e. The number of amides is 1. The quantitative estimate of drug-likeness (QED) is 0.551. The van der Waals surface area contributed by atoms with E-state index in [0.717, 1.165) is 24.2 Å². The molecule has 1 heterocycles. The summed E-state index contributed by atoms with van der Waals surface area (Å²) in [5.74, 6) is -0.264. The van der Waals surface area contributed by atoms with E-state index in [4.69, 9.17) is 23.2 Å². The van der Waals surface area contributed by atoms with Crippen molar-refractivity contribution >= 4 is 47.6 Å². The Bertz CT molecular complexity index is 873. The maximum absolute atomic E-state index is 13.1. The number of carbonyl (C=O) groups is 1. The molecule has 2 aromatic rings. The fraction of sp³-hybridized carbons (Fsp3) is 0.318. The number of piperazine rings is 1. The van der Waals surface area contributed by atoms with Gasteiger partial charge in [-0.25, -0.2) is 4.39 Å². The number of halogens is 4. The van der Waals surface area contributed by atoms with Crippen molar-refractivity contribution < 1.29 is 9.18 Å². The highest BCUT2D eigenvalue weighted by atomic mass is 35.5. The van der Waals surface area contributed by atoms with Crippen LogP contribution in [0.5, 0.6) is 0 Å². The zero-order valence-electron chi connectivity index (χ0n) is 16.3. The number of hydrogen-bond acceptors (Lipinski definition) is 2. The Morgan fingerprint density at radius 3 is 2.45 bits per heavy atom. The fourth-order valence-electron chi connectivity index (χ4n) is 3.44. The lowest BCUT2D eigenvalue weighted by Gasteiger charge is -2.44. The summed E-state index contributed by atoms with van der Waals surface area (Å²) in [6, 6.07) is 12.1. The van der Waals surface area contributed by atoms with Gasteiger partial charge in [0, 0.05) is 47.8 Å². The first-order chi connectivity index (χ1) is 13.3. The molecule has 3 rings (SSSR count). The Labute approximate surface area is 187 Å². The Morgan fingerprint density at radius 1 is 1.10 bits per heavy atom. The lowest BCUT2D eigenvalue weighted by atomic mass is 10.1. The van der Waals surface area contributed by atoms with E-state index >= 15 is 0 Å². The van der Waals surface area contributed by atoms with Crippen LogP contribution in [0.15, 0.2) is 48.5 Å². The maximum atomic E-state index is 13.1. The molecular weight excluding hydrogens is 434 g/mol. The highest BCUT2D eigenvalue weighted by Crippen LogP contribution is 2.23. The monoisotopic (exact) mass is 456 g/mol. The van der Waals surface area contributed by atoms with Crippen molar-refractivity contribution in [2.24, 2.45) is 0 Å². The zero-order valence-corrected chi connectivity index (χ0v) is 18.6.